The predicted molar refractivity (Wildman–Crippen MR) is 118 cm³/mol. The first-order valence-corrected chi connectivity index (χ1v) is 9.30. The molecule has 0 N–H and O–H groups in total. The summed E-state index contributed by atoms with van der Waals surface area (Å²) in [5.74, 6) is 39.0. The molecule has 0 atom stereocenters. The second-order valence-electron chi connectivity index (χ2n) is 7.48. The van der Waals surface area contributed by atoms with Gasteiger partial charge in [0.2, 0.25) is 0 Å². The number of piperidine rings is 1. The first-order chi connectivity index (χ1) is 14.7. The average Bonchev–Trinajstić information content (AvgIpc) is 2.68. The molecule has 1 radical (unpaired) electrons. The Morgan fingerprint density at radius 3 is 1.45 bits per heavy atom. The van der Waals surface area contributed by atoms with E-state index in [1.807, 2.05) is 27.7 Å². The van der Waals surface area contributed by atoms with Crippen LogP contribution < -0.4 is 0 Å². The molecule has 4 heteroatoms. The number of hydrogen-bond donors (Lipinski definition) is 0. The van der Waals surface area contributed by atoms with Crippen LogP contribution in [0.25, 0.3) is 0 Å². The number of nitrogens with zero attached hydrogens (tertiary/aromatic N) is 1. The van der Waals surface area contributed by atoms with Gasteiger partial charge in [-0.25, -0.2) is 4.79 Å². The van der Waals surface area contributed by atoms with Crippen molar-refractivity contribution in [1.29, 1.82) is 0 Å². The molecule has 151 valence electrons. The molecule has 0 spiro atoms. The number of hydroxylamine groups is 2. The lowest BCUT2D eigenvalue weighted by Crippen LogP contribution is -2.60. The molecule has 0 aromatic carbocycles. The van der Waals surface area contributed by atoms with Crippen molar-refractivity contribution in [2.75, 3.05) is 0 Å². The summed E-state index contributed by atoms with van der Waals surface area (Å²) in [4.78, 5) is 11.9. The maximum Gasteiger partial charge on any atom is 0.385 e. The van der Waals surface area contributed by atoms with Crippen LogP contribution in [0.3, 0.4) is 0 Å². The van der Waals surface area contributed by atoms with E-state index in [0.717, 1.165) is 5.06 Å². The van der Waals surface area contributed by atoms with Gasteiger partial charge < -0.3 is 4.74 Å². The number of hydrogen-bond acceptors (Lipinski definition) is 3. The zero-order chi connectivity index (χ0) is 23.2. The van der Waals surface area contributed by atoms with E-state index in [4.69, 9.17) is 4.74 Å². The van der Waals surface area contributed by atoms with Crippen molar-refractivity contribution in [2.45, 2.75) is 64.6 Å². The van der Waals surface area contributed by atoms with Crippen LogP contribution in [0.2, 0.25) is 0 Å². The normalized spacial score (nSPS) is 14.8. The highest BCUT2D eigenvalue weighted by atomic mass is 16.5. The summed E-state index contributed by atoms with van der Waals surface area (Å²) in [5, 5.41) is 13.4. The van der Waals surface area contributed by atoms with Crippen molar-refractivity contribution in [2.24, 2.45) is 0 Å². The molecule has 1 heterocycles. The van der Waals surface area contributed by atoms with Crippen LogP contribution in [-0.2, 0) is 14.7 Å². The Morgan fingerprint density at radius 1 is 0.710 bits per heavy atom. The van der Waals surface area contributed by atoms with Gasteiger partial charge in [0.05, 0.1) is 0 Å². The molecule has 1 aliphatic heterocycles. The molecule has 31 heavy (non-hydrogen) atoms. The van der Waals surface area contributed by atoms with Gasteiger partial charge in [-0.05, 0) is 118 Å². The molecule has 0 unspecified atom stereocenters. The zero-order valence-electron chi connectivity index (χ0n) is 18.2. The lowest BCUT2D eigenvalue weighted by molar-refractivity contribution is -0.299. The highest BCUT2D eigenvalue weighted by Crippen LogP contribution is 2.38. The van der Waals surface area contributed by atoms with Crippen molar-refractivity contribution >= 4 is 5.97 Å². The summed E-state index contributed by atoms with van der Waals surface area (Å²) < 4.78 is 5.38. The Kier molecular flexibility index (Phi) is 9.99. The van der Waals surface area contributed by atoms with Gasteiger partial charge in [-0.3, -0.25) is 0 Å². The first-order valence-electron chi connectivity index (χ1n) is 9.30. The Bertz CT molecular complexity index is 1190. The molecule has 0 aliphatic carbocycles. The Hall–Kier alpha value is -4.13. The van der Waals surface area contributed by atoms with E-state index in [1.165, 1.54) is 0 Å². The minimum absolute atomic E-state index is 0.372. The molecule has 0 bridgehead atoms. The van der Waals surface area contributed by atoms with Crippen molar-refractivity contribution < 1.29 is 14.7 Å². The fourth-order valence-electron chi connectivity index (χ4n) is 2.96. The Balaban J connectivity index is 2.54. The molecule has 4 nitrogen and oxygen atoms in total. The van der Waals surface area contributed by atoms with E-state index in [2.05, 4.69) is 94.7 Å². The van der Waals surface area contributed by atoms with Gasteiger partial charge in [-0.1, -0.05) is 5.92 Å². The maximum absolute atomic E-state index is 12.3. The van der Waals surface area contributed by atoms with Crippen LogP contribution in [0.15, 0.2) is 0 Å². The summed E-state index contributed by atoms with van der Waals surface area (Å²) in [7, 11) is 0. The SMILES string of the molecule is CC#CC#CC#CC#CC#CC#CC#CC#CC(=O)OC1CC(C)(C)N([O])C(C)(C)C1. The molecule has 0 amide bonds. The van der Waals surface area contributed by atoms with E-state index in [9.17, 15) is 10.0 Å². The van der Waals surface area contributed by atoms with Gasteiger partial charge >= 0.3 is 5.97 Å². The van der Waals surface area contributed by atoms with Gasteiger partial charge in [-0.2, -0.15) is 0 Å². The third-order valence-corrected chi connectivity index (χ3v) is 3.93. The van der Waals surface area contributed by atoms with Gasteiger partial charge in [0.1, 0.15) is 6.10 Å². The first kappa shape index (κ1) is 24.9. The highest BCUT2D eigenvalue weighted by molar-refractivity contribution is 5.89. The summed E-state index contributed by atoms with van der Waals surface area (Å²) in [6.45, 7) is 9.01. The van der Waals surface area contributed by atoms with Crippen LogP contribution >= 0.6 is 0 Å². The zero-order valence-corrected chi connectivity index (χ0v) is 18.2. The van der Waals surface area contributed by atoms with E-state index in [1.54, 1.807) is 6.92 Å². The Morgan fingerprint density at radius 2 is 1.06 bits per heavy atom. The second-order valence-corrected chi connectivity index (χ2v) is 7.48. The molecule has 1 aliphatic rings. The lowest BCUT2D eigenvalue weighted by atomic mass is 9.80. The number of esters is 1. The summed E-state index contributed by atoms with van der Waals surface area (Å²) in [6, 6.07) is 0. The minimum Gasteiger partial charge on any atom is -0.453 e. The standard InChI is InChI=1S/C27H20NO3/c1-6-7-8-9-10-11-12-13-14-15-16-17-18-19-20-21-25(29)31-24-22-26(2,3)28(30)27(4,5)23-24/h24H,22-23H2,1-5H3. The molecule has 0 aromatic heterocycles. The third kappa shape index (κ3) is 9.76. The fourth-order valence-corrected chi connectivity index (χ4v) is 2.96. The van der Waals surface area contributed by atoms with E-state index < -0.39 is 17.0 Å². The summed E-state index contributed by atoms with van der Waals surface area (Å²) >= 11 is 0. The van der Waals surface area contributed by atoms with Crippen molar-refractivity contribution in [1.82, 2.24) is 5.06 Å². The summed E-state index contributed by atoms with van der Waals surface area (Å²) in [6.07, 6.45) is 0.514. The Labute approximate surface area is 185 Å². The van der Waals surface area contributed by atoms with Crippen LogP contribution in [0.4, 0.5) is 0 Å². The summed E-state index contributed by atoms with van der Waals surface area (Å²) in [5.41, 5.74) is -1.24. The smallest absolute Gasteiger partial charge is 0.385 e. The van der Waals surface area contributed by atoms with E-state index in [-0.39, 0.29) is 6.10 Å². The lowest BCUT2D eigenvalue weighted by Gasteiger charge is -2.49. The molecular weight excluding hydrogens is 386 g/mol. The van der Waals surface area contributed by atoms with Gasteiger partial charge in [-0.15, -0.1) is 10.3 Å². The topological polar surface area (TPSA) is 49.4 Å². The van der Waals surface area contributed by atoms with Crippen LogP contribution in [0.1, 0.15) is 47.5 Å². The van der Waals surface area contributed by atoms with Crippen molar-refractivity contribution in [3.05, 3.63) is 0 Å². The number of carbonyl (C=O) groups is 1. The molecular formula is C27H20NO3. The van der Waals surface area contributed by atoms with Gasteiger partial charge in [0.25, 0.3) is 0 Å². The highest BCUT2D eigenvalue weighted by Gasteiger charge is 2.47. The number of rotatable bonds is 1. The monoisotopic (exact) mass is 406 g/mol. The van der Waals surface area contributed by atoms with Crippen LogP contribution in [-0.4, -0.2) is 28.2 Å². The largest absolute Gasteiger partial charge is 0.453 e. The quantitative estimate of drug-likeness (QED) is 0.380. The average molecular weight is 406 g/mol. The van der Waals surface area contributed by atoms with Crippen LogP contribution in [0, 0.1) is 94.7 Å². The second kappa shape index (κ2) is 12.4. The minimum atomic E-state index is -0.680. The van der Waals surface area contributed by atoms with E-state index >= 15 is 0 Å². The van der Waals surface area contributed by atoms with Crippen LogP contribution in [0.5, 0.6) is 0 Å². The molecule has 1 fully saturated rings. The fraction of sp³-hybridized carbons (Fsp3) is 0.370. The van der Waals surface area contributed by atoms with Crippen molar-refractivity contribution in [3.8, 4) is 94.7 Å². The number of ether oxygens (including phenoxy) is 1. The predicted octanol–water partition coefficient (Wildman–Crippen LogP) is 1.94. The molecule has 0 aromatic rings. The third-order valence-electron chi connectivity index (χ3n) is 3.93. The van der Waals surface area contributed by atoms with Gasteiger partial charge in [0.15, 0.2) is 0 Å². The van der Waals surface area contributed by atoms with Gasteiger partial charge in [0, 0.05) is 29.8 Å². The van der Waals surface area contributed by atoms with Crippen molar-refractivity contribution in [3.63, 3.8) is 0 Å². The maximum atomic E-state index is 12.3. The molecule has 0 saturated carbocycles. The molecule has 1 saturated heterocycles. The molecule has 1 rings (SSSR count). The van der Waals surface area contributed by atoms with E-state index in [0.29, 0.717) is 12.8 Å². The number of carbonyl (C=O) groups excluding carboxylic acids is 1.